The van der Waals surface area contributed by atoms with Crippen molar-refractivity contribution >= 4 is 40.7 Å². The first kappa shape index (κ1) is 17.1. The molecule has 0 saturated carbocycles. The SMILES string of the molecule is C=CCNc1ccc(NC(=O)COc2ccc(Cl)cc2Cl)nn1. The highest BCUT2D eigenvalue weighted by Gasteiger charge is 2.08. The summed E-state index contributed by atoms with van der Waals surface area (Å²) in [4.78, 5) is 11.8. The van der Waals surface area contributed by atoms with Crippen LogP contribution in [0.2, 0.25) is 10.0 Å². The number of rotatable bonds is 7. The largest absolute Gasteiger partial charge is 0.482 e. The fraction of sp³-hybridized carbons (Fsp3) is 0.133. The molecule has 1 heterocycles. The molecule has 2 aromatic rings. The second kappa shape index (κ2) is 8.36. The number of halogens is 2. The summed E-state index contributed by atoms with van der Waals surface area (Å²) in [7, 11) is 0. The highest BCUT2D eigenvalue weighted by atomic mass is 35.5. The van der Waals surface area contributed by atoms with E-state index in [0.717, 1.165) is 0 Å². The number of benzene rings is 1. The van der Waals surface area contributed by atoms with E-state index < -0.39 is 0 Å². The maximum absolute atomic E-state index is 11.8. The van der Waals surface area contributed by atoms with Gasteiger partial charge in [0.05, 0.1) is 5.02 Å². The lowest BCUT2D eigenvalue weighted by Crippen LogP contribution is -2.21. The molecule has 0 aliphatic carbocycles. The first-order valence-electron chi connectivity index (χ1n) is 6.64. The van der Waals surface area contributed by atoms with Crippen LogP contribution in [0.25, 0.3) is 0 Å². The molecule has 0 unspecified atom stereocenters. The number of ether oxygens (including phenoxy) is 1. The monoisotopic (exact) mass is 352 g/mol. The molecule has 0 atom stereocenters. The molecule has 0 fully saturated rings. The summed E-state index contributed by atoms with van der Waals surface area (Å²) in [6, 6.07) is 8.09. The highest BCUT2D eigenvalue weighted by Crippen LogP contribution is 2.27. The molecular formula is C15H14Cl2N4O2. The highest BCUT2D eigenvalue weighted by molar-refractivity contribution is 6.35. The predicted molar refractivity (Wildman–Crippen MR) is 91.3 cm³/mol. The van der Waals surface area contributed by atoms with Gasteiger partial charge in [-0.25, -0.2) is 0 Å². The normalized spacial score (nSPS) is 10.0. The lowest BCUT2D eigenvalue weighted by atomic mass is 10.3. The van der Waals surface area contributed by atoms with Gasteiger partial charge in [-0.1, -0.05) is 29.3 Å². The van der Waals surface area contributed by atoms with Crippen LogP contribution in [0.15, 0.2) is 43.0 Å². The maximum atomic E-state index is 11.8. The van der Waals surface area contributed by atoms with Crippen molar-refractivity contribution in [3.8, 4) is 5.75 Å². The maximum Gasteiger partial charge on any atom is 0.263 e. The van der Waals surface area contributed by atoms with Crippen LogP contribution in [0, 0.1) is 0 Å². The van der Waals surface area contributed by atoms with Crippen LogP contribution in [0.5, 0.6) is 5.75 Å². The third kappa shape index (κ3) is 5.43. The Labute approximate surface area is 143 Å². The Morgan fingerprint density at radius 1 is 1.22 bits per heavy atom. The average molecular weight is 353 g/mol. The molecule has 0 bridgehead atoms. The summed E-state index contributed by atoms with van der Waals surface area (Å²) in [6.07, 6.45) is 1.70. The number of nitrogens with zero attached hydrogens (tertiary/aromatic N) is 2. The molecule has 0 aliphatic heterocycles. The molecule has 120 valence electrons. The minimum absolute atomic E-state index is 0.209. The summed E-state index contributed by atoms with van der Waals surface area (Å²) in [5.41, 5.74) is 0. The van der Waals surface area contributed by atoms with Gasteiger partial charge in [-0.15, -0.1) is 16.8 Å². The van der Waals surface area contributed by atoms with Crippen LogP contribution < -0.4 is 15.4 Å². The number of carbonyl (C=O) groups excluding carboxylic acids is 1. The van der Waals surface area contributed by atoms with E-state index in [1.807, 2.05) is 0 Å². The van der Waals surface area contributed by atoms with Gasteiger partial charge in [-0.3, -0.25) is 4.79 Å². The van der Waals surface area contributed by atoms with Crippen LogP contribution in [0.3, 0.4) is 0 Å². The van der Waals surface area contributed by atoms with E-state index >= 15 is 0 Å². The topological polar surface area (TPSA) is 76.1 Å². The first-order valence-corrected chi connectivity index (χ1v) is 7.40. The van der Waals surface area contributed by atoms with E-state index in [0.29, 0.717) is 34.0 Å². The zero-order chi connectivity index (χ0) is 16.7. The van der Waals surface area contributed by atoms with E-state index in [1.165, 1.54) is 6.07 Å². The average Bonchev–Trinajstić information content (AvgIpc) is 2.53. The fourth-order valence-electron chi connectivity index (χ4n) is 1.58. The number of hydrogen-bond acceptors (Lipinski definition) is 5. The van der Waals surface area contributed by atoms with Crippen molar-refractivity contribution in [1.82, 2.24) is 10.2 Å². The van der Waals surface area contributed by atoms with Crippen molar-refractivity contribution in [1.29, 1.82) is 0 Å². The van der Waals surface area contributed by atoms with Crippen molar-refractivity contribution in [2.45, 2.75) is 0 Å². The fourth-order valence-corrected chi connectivity index (χ4v) is 2.05. The van der Waals surface area contributed by atoms with E-state index in [4.69, 9.17) is 27.9 Å². The smallest absolute Gasteiger partial charge is 0.263 e. The lowest BCUT2D eigenvalue weighted by molar-refractivity contribution is -0.118. The van der Waals surface area contributed by atoms with Crippen LogP contribution in [-0.4, -0.2) is 29.3 Å². The van der Waals surface area contributed by atoms with Crippen molar-refractivity contribution in [2.75, 3.05) is 23.8 Å². The summed E-state index contributed by atoms with van der Waals surface area (Å²) in [6.45, 7) is 3.96. The molecule has 0 saturated heterocycles. The number of anilines is 2. The summed E-state index contributed by atoms with van der Waals surface area (Å²) in [5.74, 6) is 0.912. The van der Waals surface area contributed by atoms with Gasteiger partial charge in [0.2, 0.25) is 0 Å². The minimum atomic E-state index is -0.378. The van der Waals surface area contributed by atoms with Gasteiger partial charge in [-0.2, -0.15) is 0 Å². The van der Waals surface area contributed by atoms with Crippen molar-refractivity contribution in [3.05, 3.63) is 53.0 Å². The van der Waals surface area contributed by atoms with Gasteiger partial charge >= 0.3 is 0 Å². The van der Waals surface area contributed by atoms with Gasteiger partial charge in [0.25, 0.3) is 5.91 Å². The third-order valence-electron chi connectivity index (χ3n) is 2.61. The lowest BCUT2D eigenvalue weighted by Gasteiger charge is -2.08. The van der Waals surface area contributed by atoms with Crippen LogP contribution in [-0.2, 0) is 4.79 Å². The Bertz CT molecular complexity index is 692. The third-order valence-corrected chi connectivity index (χ3v) is 3.14. The predicted octanol–water partition coefficient (Wildman–Crippen LogP) is 3.40. The number of aromatic nitrogens is 2. The van der Waals surface area contributed by atoms with Crippen LogP contribution in [0.1, 0.15) is 0 Å². The Morgan fingerprint density at radius 3 is 2.61 bits per heavy atom. The Kier molecular flexibility index (Phi) is 6.19. The minimum Gasteiger partial charge on any atom is -0.482 e. The number of amides is 1. The molecule has 0 aliphatic rings. The second-order valence-corrected chi connectivity index (χ2v) is 5.23. The zero-order valence-electron chi connectivity index (χ0n) is 12.1. The standard InChI is InChI=1S/C15H14Cl2N4O2/c1-2-7-18-13-5-6-14(21-20-13)19-15(22)9-23-12-4-3-10(16)8-11(12)17/h2-6,8H,1,7,9H2,(H,18,20)(H,19,21,22). The number of nitrogens with one attached hydrogen (secondary N) is 2. The molecule has 0 radical (unpaired) electrons. The van der Waals surface area contributed by atoms with Crippen molar-refractivity contribution < 1.29 is 9.53 Å². The summed E-state index contributed by atoms with van der Waals surface area (Å²) in [5, 5.41) is 14.2. The molecule has 2 rings (SSSR count). The second-order valence-electron chi connectivity index (χ2n) is 4.38. The molecule has 23 heavy (non-hydrogen) atoms. The van der Waals surface area contributed by atoms with Crippen LogP contribution in [0.4, 0.5) is 11.6 Å². The van der Waals surface area contributed by atoms with E-state index in [9.17, 15) is 4.79 Å². The first-order chi connectivity index (χ1) is 11.1. The van der Waals surface area contributed by atoms with Crippen LogP contribution >= 0.6 is 23.2 Å². The van der Waals surface area contributed by atoms with Gasteiger partial charge in [0.1, 0.15) is 11.6 Å². The molecule has 6 nitrogen and oxygen atoms in total. The molecule has 2 N–H and O–H groups in total. The quantitative estimate of drug-likeness (QED) is 0.746. The molecule has 1 amide bonds. The van der Waals surface area contributed by atoms with E-state index in [-0.39, 0.29) is 12.5 Å². The van der Waals surface area contributed by atoms with E-state index in [1.54, 1.807) is 30.3 Å². The number of carbonyl (C=O) groups is 1. The molecule has 8 heteroatoms. The zero-order valence-corrected chi connectivity index (χ0v) is 13.6. The van der Waals surface area contributed by atoms with Gasteiger partial charge in [-0.05, 0) is 30.3 Å². The molecular weight excluding hydrogens is 339 g/mol. The van der Waals surface area contributed by atoms with Gasteiger partial charge in [0, 0.05) is 11.6 Å². The Hall–Kier alpha value is -2.31. The summed E-state index contributed by atoms with van der Waals surface area (Å²) >= 11 is 11.7. The Balaban J connectivity index is 1.85. The molecule has 1 aromatic heterocycles. The van der Waals surface area contributed by atoms with Crippen molar-refractivity contribution in [2.24, 2.45) is 0 Å². The molecule has 1 aromatic carbocycles. The van der Waals surface area contributed by atoms with E-state index in [2.05, 4.69) is 27.4 Å². The van der Waals surface area contributed by atoms with Crippen molar-refractivity contribution in [3.63, 3.8) is 0 Å². The molecule has 0 spiro atoms. The summed E-state index contributed by atoms with van der Waals surface area (Å²) < 4.78 is 5.33. The van der Waals surface area contributed by atoms with Gasteiger partial charge < -0.3 is 15.4 Å². The number of hydrogen-bond donors (Lipinski definition) is 2. The van der Waals surface area contributed by atoms with Gasteiger partial charge in [0.15, 0.2) is 12.4 Å². The Morgan fingerprint density at radius 2 is 1.96 bits per heavy atom.